The van der Waals surface area contributed by atoms with Crippen molar-refractivity contribution >= 4 is 11.6 Å². The predicted octanol–water partition coefficient (Wildman–Crippen LogP) is 3.94. The number of rotatable bonds is 4. The molecule has 2 nitrogen and oxygen atoms in total. The lowest BCUT2D eigenvalue weighted by Gasteiger charge is -2.09. The van der Waals surface area contributed by atoms with E-state index >= 15 is 0 Å². The number of hydrogen-bond donors (Lipinski definition) is 1. The summed E-state index contributed by atoms with van der Waals surface area (Å²) in [6, 6.07) is 13.6. The first-order valence-electron chi connectivity index (χ1n) is 5.92. The van der Waals surface area contributed by atoms with E-state index in [0.717, 1.165) is 17.7 Å². The van der Waals surface area contributed by atoms with Crippen LogP contribution in [0.5, 0.6) is 11.5 Å². The Hall–Kier alpha value is -1.51. The molecule has 94 valence electrons. The summed E-state index contributed by atoms with van der Waals surface area (Å²) in [6.07, 6.45) is 0.846. The van der Waals surface area contributed by atoms with Crippen LogP contribution in [-0.2, 0) is 6.42 Å². The highest BCUT2D eigenvalue weighted by molar-refractivity contribution is 6.32. The van der Waals surface area contributed by atoms with Gasteiger partial charge in [0.1, 0.15) is 11.5 Å². The molecule has 0 amide bonds. The molecule has 0 saturated heterocycles. The minimum atomic E-state index is 0.624. The second-order valence-corrected chi connectivity index (χ2v) is 4.63. The van der Waals surface area contributed by atoms with E-state index in [4.69, 9.17) is 22.1 Å². The van der Waals surface area contributed by atoms with Crippen LogP contribution >= 0.6 is 11.6 Å². The van der Waals surface area contributed by atoms with Gasteiger partial charge in [0.25, 0.3) is 0 Å². The molecule has 0 saturated carbocycles. The van der Waals surface area contributed by atoms with Crippen LogP contribution < -0.4 is 10.5 Å². The van der Waals surface area contributed by atoms with E-state index in [2.05, 4.69) is 0 Å². The first-order chi connectivity index (χ1) is 8.69. The van der Waals surface area contributed by atoms with Gasteiger partial charge in [0.15, 0.2) is 0 Å². The second kappa shape index (κ2) is 5.89. The van der Waals surface area contributed by atoms with Crippen LogP contribution in [0.15, 0.2) is 42.5 Å². The number of hydrogen-bond acceptors (Lipinski definition) is 2. The van der Waals surface area contributed by atoms with Crippen molar-refractivity contribution in [1.82, 2.24) is 0 Å². The Morgan fingerprint density at radius 2 is 2.00 bits per heavy atom. The van der Waals surface area contributed by atoms with Crippen molar-refractivity contribution in [1.29, 1.82) is 0 Å². The molecule has 0 fully saturated rings. The molecule has 0 aliphatic heterocycles. The highest BCUT2D eigenvalue weighted by Gasteiger charge is 2.03. The number of benzene rings is 2. The van der Waals surface area contributed by atoms with Gasteiger partial charge in [-0.05, 0) is 55.3 Å². The fraction of sp³-hybridized carbons (Fsp3) is 0.200. The number of nitrogens with two attached hydrogens (primary N) is 1. The van der Waals surface area contributed by atoms with Gasteiger partial charge in [0.2, 0.25) is 0 Å². The molecule has 2 aromatic carbocycles. The van der Waals surface area contributed by atoms with E-state index in [0.29, 0.717) is 17.3 Å². The third-order valence-electron chi connectivity index (χ3n) is 2.65. The first-order valence-corrected chi connectivity index (χ1v) is 6.30. The van der Waals surface area contributed by atoms with E-state index in [1.54, 1.807) is 0 Å². The maximum atomic E-state index is 6.14. The molecule has 18 heavy (non-hydrogen) atoms. The van der Waals surface area contributed by atoms with Crippen molar-refractivity contribution in [3.63, 3.8) is 0 Å². The van der Waals surface area contributed by atoms with Crippen molar-refractivity contribution in [2.24, 2.45) is 5.73 Å². The Morgan fingerprint density at radius 3 is 2.72 bits per heavy atom. The Kier molecular flexibility index (Phi) is 4.24. The van der Waals surface area contributed by atoms with E-state index in [9.17, 15) is 0 Å². The van der Waals surface area contributed by atoms with Crippen molar-refractivity contribution in [3.05, 3.63) is 58.6 Å². The third kappa shape index (κ3) is 3.25. The third-order valence-corrected chi connectivity index (χ3v) is 2.94. The summed E-state index contributed by atoms with van der Waals surface area (Å²) in [5, 5.41) is 0.624. The summed E-state index contributed by atoms with van der Waals surface area (Å²) in [6.45, 7) is 2.63. The minimum absolute atomic E-state index is 0.624. The lowest BCUT2D eigenvalue weighted by atomic mass is 10.1. The van der Waals surface area contributed by atoms with Gasteiger partial charge in [0, 0.05) is 0 Å². The molecule has 3 heteroatoms. The van der Waals surface area contributed by atoms with Gasteiger partial charge in [-0.3, -0.25) is 0 Å². The molecule has 0 bridgehead atoms. The second-order valence-electron chi connectivity index (χ2n) is 4.22. The molecule has 0 unspecified atom stereocenters. The van der Waals surface area contributed by atoms with Gasteiger partial charge in [-0.2, -0.15) is 0 Å². The van der Waals surface area contributed by atoms with Gasteiger partial charge >= 0.3 is 0 Å². The predicted molar refractivity (Wildman–Crippen MR) is 75.5 cm³/mol. The normalized spacial score (nSPS) is 10.4. The summed E-state index contributed by atoms with van der Waals surface area (Å²) in [7, 11) is 0. The van der Waals surface area contributed by atoms with E-state index in [-0.39, 0.29) is 0 Å². The van der Waals surface area contributed by atoms with Crippen LogP contribution in [0.3, 0.4) is 0 Å². The fourth-order valence-corrected chi connectivity index (χ4v) is 2.02. The Labute approximate surface area is 112 Å². The van der Waals surface area contributed by atoms with Crippen molar-refractivity contribution < 1.29 is 4.74 Å². The van der Waals surface area contributed by atoms with Crippen LogP contribution in [0.2, 0.25) is 5.02 Å². The molecule has 2 aromatic rings. The molecule has 2 rings (SSSR count). The Morgan fingerprint density at radius 1 is 1.17 bits per heavy atom. The maximum Gasteiger partial charge on any atom is 0.146 e. The van der Waals surface area contributed by atoms with Gasteiger partial charge in [-0.15, -0.1) is 0 Å². The molecule has 0 radical (unpaired) electrons. The van der Waals surface area contributed by atoms with Gasteiger partial charge < -0.3 is 10.5 Å². The Balaban J connectivity index is 2.20. The molecular formula is C15H16ClNO. The highest BCUT2D eigenvalue weighted by Crippen LogP contribution is 2.30. The number of halogens is 1. The van der Waals surface area contributed by atoms with E-state index in [1.165, 1.54) is 5.56 Å². The summed E-state index contributed by atoms with van der Waals surface area (Å²) in [4.78, 5) is 0. The zero-order valence-electron chi connectivity index (χ0n) is 10.3. The van der Waals surface area contributed by atoms with Crippen molar-refractivity contribution in [2.75, 3.05) is 6.54 Å². The smallest absolute Gasteiger partial charge is 0.146 e. The minimum Gasteiger partial charge on any atom is -0.456 e. The van der Waals surface area contributed by atoms with Crippen LogP contribution in [0.1, 0.15) is 11.1 Å². The van der Waals surface area contributed by atoms with Crippen molar-refractivity contribution in [3.8, 4) is 11.5 Å². The van der Waals surface area contributed by atoms with Crippen LogP contribution in [-0.4, -0.2) is 6.54 Å². The number of ether oxygens (including phenoxy) is 1. The first kappa shape index (κ1) is 12.9. The van der Waals surface area contributed by atoms with Gasteiger partial charge in [-0.25, -0.2) is 0 Å². The molecule has 0 aromatic heterocycles. The van der Waals surface area contributed by atoms with E-state index in [1.807, 2.05) is 49.4 Å². The summed E-state index contributed by atoms with van der Waals surface area (Å²) in [5.74, 6) is 1.46. The lowest BCUT2D eigenvalue weighted by Crippen LogP contribution is -2.02. The SMILES string of the molecule is Cc1ccc(Oc2cccc(CCN)c2)c(Cl)c1. The van der Waals surface area contributed by atoms with Gasteiger partial charge in [-0.1, -0.05) is 29.8 Å². The monoisotopic (exact) mass is 261 g/mol. The zero-order valence-corrected chi connectivity index (χ0v) is 11.1. The molecule has 0 atom stereocenters. The molecular weight excluding hydrogens is 246 g/mol. The largest absolute Gasteiger partial charge is 0.456 e. The van der Waals surface area contributed by atoms with Crippen LogP contribution in [0.4, 0.5) is 0 Å². The quantitative estimate of drug-likeness (QED) is 0.905. The molecule has 0 heterocycles. The summed E-state index contributed by atoms with van der Waals surface area (Å²) in [5.41, 5.74) is 7.82. The molecule has 0 aliphatic rings. The summed E-state index contributed by atoms with van der Waals surface area (Å²) < 4.78 is 5.78. The maximum absolute atomic E-state index is 6.14. The highest BCUT2D eigenvalue weighted by atomic mass is 35.5. The molecule has 0 spiro atoms. The average Bonchev–Trinajstić information content (AvgIpc) is 2.34. The standard InChI is InChI=1S/C15H16ClNO/c1-11-5-6-15(14(16)9-11)18-13-4-2-3-12(10-13)7-8-17/h2-6,9-10H,7-8,17H2,1H3. The van der Waals surface area contributed by atoms with Gasteiger partial charge in [0.05, 0.1) is 5.02 Å². The average molecular weight is 262 g/mol. The molecule has 0 aliphatic carbocycles. The Bertz CT molecular complexity index is 540. The number of aryl methyl sites for hydroxylation is 1. The zero-order chi connectivity index (χ0) is 13.0. The van der Waals surface area contributed by atoms with E-state index < -0.39 is 0 Å². The topological polar surface area (TPSA) is 35.2 Å². The summed E-state index contributed by atoms with van der Waals surface area (Å²) >= 11 is 6.14. The van der Waals surface area contributed by atoms with Crippen LogP contribution in [0.25, 0.3) is 0 Å². The van der Waals surface area contributed by atoms with Crippen LogP contribution in [0, 0.1) is 6.92 Å². The lowest BCUT2D eigenvalue weighted by molar-refractivity contribution is 0.482. The fourth-order valence-electron chi connectivity index (χ4n) is 1.75. The molecule has 2 N–H and O–H groups in total. The van der Waals surface area contributed by atoms with Crippen molar-refractivity contribution in [2.45, 2.75) is 13.3 Å².